The number of benzene rings is 1. The minimum atomic E-state index is -0.224. The molecule has 6 heteroatoms. The second-order valence-corrected chi connectivity index (χ2v) is 4.79. The Hall–Kier alpha value is -2.24. The average molecular weight is 259 g/mol. The number of imide groups is 1. The molecular weight excluding hydrogens is 246 g/mol. The molecule has 0 radical (unpaired) electrons. The average Bonchev–Trinajstić information content (AvgIpc) is 2.72. The van der Waals surface area contributed by atoms with E-state index in [9.17, 15) is 14.5 Å². The number of amides is 2. The molecule has 1 aromatic carbocycles. The molecule has 0 unspecified atom stereocenters. The first-order valence-electron chi connectivity index (χ1n) is 6.27. The van der Waals surface area contributed by atoms with E-state index < -0.39 is 0 Å². The van der Waals surface area contributed by atoms with Gasteiger partial charge < -0.3 is 0 Å². The Kier molecular flexibility index (Phi) is 2.77. The molecule has 98 valence electrons. The third-order valence-corrected chi connectivity index (χ3v) is 3.75. The molecule has 2 aliphatic heterocycles. The highest BCUT2D eigenvalue weighted by molar-refractivity contribution is 6.21. The van der Waals surface area contributed by atoms with Gasteiger partial charge in [-0.05, 0) is 25.0 Å². The molecule has 2 aliphatic rings. The molecule has 6 nitrogen and oxygen atoms in total. The van der Waals surface area contributed by atoms with Crippen LogP contribution in [0, 0.1) is 4.91 Å². The van der Waals surface area contributed by atoms with Crippen LogP contribution in [0.2, 0.25) is 0 Å². The van der Waals surface area contributed by atoms with Gasteiger partial charge in [-0.15, -0.1) is 4.91 Å². The number of piperidine rings is 1. The van der Waals surface area contributed by atoms with Crippen LogP contribution < -0.4 is 0 Å². The van der Waals surface area contributed by atoms with Gasteiger partial charge >= 0.3 is 0 Å². The lowest BCUT2D eigenvalue weighted by Crippen LogP contribution is -2.46. The second kappa shape index (κ2) is 4.46. The van der Waals surface area contributed by atoms with E-state index in [4.69, 9.17) is 0 Å². The van der Waals surface area contributed by atoms with Gasteiger partial charge in [-0.25, -0.2) is 0 Å². The topological polar surface area (TPSA) is 70.1 Å². The molecule has 19 heavy (non-hydrogen) atoms. The first-order chi connectivity index (χ1) is 9.22. The smallest absolute Gasteiger partial charge is 0.261 e. The van der Waals surface area contributed by atoms with E-state index >= 15 is 0 Å². The van der Waals surface area contributed by atoms with E-state index in [1.807, 2.05) is 0 Å². The van der Waals surface area contributed by atoms with Crippen LogP contribution in [-0.2, 0) is 0 Å². The van der Waals surface area contributed by atoms with Crippen molar-refractivity contribution < 1.29 is 9.59 Å². The monoisotopic (exact) mass is 259 g/mol. The summed E-state index contributed by atoms with van der Waals surface area (Å²) in [5.41, 5.74) is 0.951. The van der Waals surface area contributed by atoms with Gasteiger partial charge in [0.05, 0.1) is 16.4 Å². The molecule has 0 N–H and O–H groups in total. The van der Waals surface area contributed by atoms with Gasteiger partial charge in [-0.3, -0.25) is 19.5 Å². The van der Waals surface area contributed by atoms with Crippen LogP contribution in [0.3, 0.4) is 0 Å². The van der Waals surface area contributed by atoms with Gasteiger partial charge in [0.15, 0.2) is 0 Å². The highest BCUT2D eigenvalue weighted by Crippen LogP contribution is 2.28. The van der Waals surface area contributed by atoms with Gasteiger partial charge in [0.2, 0.25) is 0 Å². The number of hydrogen-bond acceptors (Lipinski definition) is 4. The van der Waals surface area contributed by atoms with Crippen LogP contribution in [0.15, 0.2) is 29.6 Å². The summed E-state index contributed by atoms with van der Waals surface area (Å²) in [6.45, 7) is 0.975. The number of nitroso groups, excluding NO2 is 1. The van der Waals surface area contributed by atoms with Gasteiger partial charge in [0.1, 0.15) is 0 Å². The fourth-order valence-electron chi connectivity index (χ4n) is 2.73. The molecule has 2 heterocycles. The van der Waals surface area contributed by atoms with Crippen molar-refractivity contribution >= 4 is 11.8 Å². The zero-order chi connectivity index (χ0) is 13.4. The SMILES string of the molecule is O=NN1CCC(N2C(=O)c3ccccc3C2=O)CC1. The first-order valence-corrected chi connectivity index (χ1v) is 6.27. The van der Waals surface area contributed by atoms with E-state index in [1.165, 1.54) is 9.91 Å². The molecule has 1 aromatic rings. The van der Waals surface area contributed by atoms with Crippen molar-refractivity contribution in [3.05, 3.63) is 40.3 Å². The molecule has 2 amide bonds. The molecule has 1 fully saturated rings. The minimum Gasteiger partial charge on any atom is -0.271 e. The Morgan fingerprint density at radius 2 is 1.53 bits per heavy atom. The Bertz CT molecular complexity index is 515. The molecule has 0 aliphatic carbocycles. The standard InChI is InChI=1S/C13H13N3O3/c17-12-10-3-1-2-4-11(10)13(18)16(12)9-5-7-15(14-19)8-6-9/h1-4,9H,5-8H2. The lowest BCUT2D eigenvalue weighted by atomic mass is 10.0. The summed E-state index contributed by atoms with van der Waals surface area (Å²) in [4.78, 5) is 36.3. The predicted octanol–water partition coefficient (Wildman–Crippen LogP) is 1.43. The van der Waals surface area contributed by atoms with E-state index in [0.717, 1.165) is 0 Å². The fourth-order valence-corrected chi connectivity index (χ4v) is 2.73. The largest absolute Gasteiger partial charge is 0.271 e. The highest BCUT2D eigenvalue weighted by atomic mass is 16.3. The second-order valence-electron chi connectivity index (χ2n) is 4.79. The number of rotatable bonds is 2. The van der Waals surface area contributed by atoms with Crippen molar-refractivity contribution in [2.24, 2.45) is 5.29 Å². The highest BCUT2D eigenvalue weighted by Gasteiger charge is 2.40. The van der Waals surface area contributed by atoms with Crippen LogP contribution in [0.1, 0.15) is 33.6 Å². The molecule has 0 saturated carbocycles. The summed E-state index contributed by atoms with van der Waals surface area (Å²) < 4.78 is 0. The van der Waals surface area contributed by atoms with Crippen LogP contribution in [-0.4, -0.2) is 40.9 Å². The normalized spacial score (nSPS) is 19.8. The maximum absolute atomic E-state index is 12.3. The third-order valence-electron chi connectivity index (χ3n) is 3.75. The summed E-state index contributed by atoms with van der Waals surface area (Å²) in [6, 6.07) is 6.74. The zero-order valence-electron chi connectivity index (χ0n) is 10.3. The lowest BCUT2D eigenvalue weighted by molar-refractivity contribution is 0.0503. The van der Waals surface area contributed by atoms with E-state index in [1.54, 1.807) is 24.3 Å². The lowest BCUT2D eigenvalue weighted by Gasteiger charge is -2.32. The zero-order valence-corrected chi connectivity index (χ0v) is 10.3. The van der Waals surface area contributed by atoms with E-state index in [0.29, 0.717) is 37.1 Å². The third kappa shape index (κ3) is 1.80. The number of fused-ring (bicyclic) bond motifs is 1. The van der Waals surface area contributed by atoms with Crippen molar-refractivity contribution in [2.45, 2.75) is 18.9 Å². The summed E-state index contributed by atoms with van der Waals surface area (Å²) in [7, 11) is 0. The van der Waals surface area contributed by atoms with Crippen LogP contribution in [0.25, 0.3) is 0 Å². The van der Waals surface area contributed by atoms with Gasteiger partial charge in [-0.1, -0.05) is 12.1 Å². The van der Waals surface area contributed by atoms with Crippen molar-refractivity contribution in [3.63, 3.8) is 0 Å². The summed E-state index contributed by atoms with van der Waals surface area (Å²) in [5.74, 6) is -0.448. The molecular formula is C13H13N3O3. The molecule has 3 rings (SSSR count). The Morgan fingerprint density at radius 1 is 1.00 bits per heavy atom. The van der Waals surface area contributed by atoms with Crippen molar-refractivity contribution in [3.8, 4) is 0 Å². The molecule has 0 atom stereocenters. The first kappa shape index (κ1) is 11.8. The molecule has 0 bridgehead atoms. The molecule has 0 aromatic heterocycles. The van der Waals surface area contributed by atoms with E-state index in [2.05, 4.69) is 5.29 Å². The van der Waals surface area contributed by atoms with Gasteiger partial charge in [0.25, 0.3) is 11.8 Å². The molecule has 0 spiro atoms. The predicted molar refractivity (Wildman–Crippen MR) is 67.3 cm³/mol. The van der Waals surface area contributed by atoms with Crippen LogP contribution in [0.4, 0.5) is 0 Å². The number of hydrogen-bond donors (Lipinski definition) is 0. The van der Waals surface area contributed by atoms with E-state index in [-0.39, 0.29) is 17.9 Å². The summed E-state index contributed by atoms with van der Waals surface area (Å²) in [6.07, 6.45) is 1.19. The van der Waals surface area contributed by atoms with Crippen molar-refractivity contribution in [2.75, 3.05) is 13.1 Å². The Balaban J connectivity index is 1.83. The maximum atomic E-state index is 12.3. The summed E-state index contributed by atoms with van der Waals surface area (Å²) >= 11 is 0. The maximum Gasteiger partial charge on any atom is 0.261 e. The van der Waals surface area contributed by atoms with Gasteiger partial charge in [-0.2, -0.15) is 0 Å². The molecule has 1 saturated heterocycles. The van der Waals surface area contributed by atoms with Crippen LogP contribution >= 0.6 is 0 Å². The Labute approximate surface area is 109 Å². The van der Waals surface area contributed by atoms with Crippen molar-refractivity contribution in [1.82, 2.24) is 9.91 Å². The van der Waals surface area contributed by atoms with Crippen molar-refractivity contribution in [1.29, 1.82) is 0 Å². The fraction of sp³-hybridized carbons (Fsp3) is 0.385. The van der Waals surface area contributed by atoms with Crippen LogP contribution in [0.5, 0.6) is 0 Å². The quantitative estimate of drug-likeness (QED) is 0.595. The van der Waals surface area contributed by atoms with Gasteiger partial charge in [0, 0.05) is 19.1 Å². The number of nitrogens with zero attached hydrogens (tertiary/aromatic N) is 3. The minimum absolute atomic E-state index is 0.134. The number of carbonyl (C=O) groups excluding carboxylic acids is 2. The number of carbonyl (C=O) groups is 2. The Morgan fingerprint density at radius 3 is 2.00 bits per heavy atom. The summed E-state index contributed by atoms with van der Waals surface area (Å²) in [5, 5.41) is 4.31.